The highest BCUT2D eigenvalue weighted by Crippen LogP contribution is 2.30. The number of hydrogen-bond acceptors (Lipinski definition) is 7. The highest BCUT2D eigenvalue weighted by Gasteiger charge is 2.34. The molecule has 1 amide bonds. The van der Waals surface area contributed by atoms with Crippen LogP contribution in [0.3, 0.4) is 0 Å². The lowest BCUT2D eigenvalue weighted by molar-refractivity contribution is -0.0300. The molecule has 0 aliphatic heterocycles. The summed E-state index contributed by atoms with van der Waals surface area (Å²) in [5, 5.41) is 26.7. The molecule has 1 aromatic heterocycles. The van der Waals surface area contributed by atoms with E-state index >= 15 is 0 Å². The first-order chi connectivity index (χ1) is 14.2. The minimum atomic E-state index is -1.06. The largest absolute Gasteiger partial charge is 0.389 e. The number of aliphatic hydroxyl groups is 2. The van der Waals surface area contributed by atoms with Crippen molar-refractivity contribution in [3.05, 3.63) is 55.8 Å². The fourth-order valence-corrected chi connectivity index (χ4v) is 3.36. The van der Waals surface area contributed by atoms with Crippen molar-refractivity contribution < 1.29 is 19.7 Å². The van der Waals surface area contributed by atoms with Gasteiger partial charge >= 0.3 is 5.69 Å². The van der Waals surface area contributed by atoms with Crippen LogP contribution in [0.4, 0.5) is 0 Å². The van der Waals surface area contributed by atoms with E-state index < -0.39 is 28.9 Å². The van der Waals surface area contributed by atoms with Gasteiger partial charge in [0.25, 0.3) is 11.5 Å². The van der Waals surface area contributed by atoms with Gasteiger partial charge < -0.3 is 20.3 Å². The van der Waals surface area contributed by atoms with Crippen LogP contribution in [0.5, 0.6) is 0 Å². The molecule has 1 saturated carbocycles. The Labute approximate surface area is 176 Å². The predicted molar refractivity (Wildman–Crippen MR) is 108 cm³/mol. The molecule has 162 valence electrons. The first-order valence-electron chi connectivity index (χ1n) is 9.41. The monoisotopic (exact) mass is 438 g/mol. The van der Waals surface area contributed by atoms with Crippen molar-refractivity contribution in [3.8, 4) is 5.69 Å². The lowest BCUT2D eigenvalue weighted by atomic mass is 9.80. The number of amides is 1. The fourth-order valence-electron chi connectivity index (χ4n) is 3.16. The van der Waals surface area contributed by atoms with E-state index in [0.717, 1.165) is 21.9 Å². The third-order valence-electron chi connectivity index (χ3n) is 5.02. The zero-order valence-electron chi connectivity index (χ0n) is 16.4. The maximum Gasteiger partial charge on any atom is 0.352 e. The third kappa shape index (κ3) is 4.78. The Bertz CT molecular complexity index is 1050. The van der Waals surface area contributed by atoms with Crippen LogP contribution in [-0.4, -0.2) is 62.4 Å². The number of aromatic nitrogens is 3. The molecule has 0 spiro atoms. The van der Waals surface area contributed by atoms with E-state index in [0.29, 0.717) is 12.8 Å². The number of benzene rings is 1. The summed E-state index contributed by atoms with van der Waals surface area (Å²) in [7, 11) is 1.39. The van der Waals surface area contributed by atoms with Gasteiger partial charge in [0.1, 0.15) is 6.20 Å². The lowest BCUT2D eigenvalue weighted by Crippen LogP contribution is -2.47. The van der Waals surface area contributed by atoms with Gasteiger partial charge in [-0.05, 0) is 37.5 Å². The van der Waals surface area contributed by atoms with E-state index in [1.807, 2.05) is 0 Å². The number of rotatable bonds is 8. The molecule has 0 bridgehead atoms. The molecule has 1 aliphatic carbocycles. The van der Waals surface area contributed by atoms with Gasteiger partial charge in [0.15, 0.2) is 0 Å². The molecular weight excluding hydrogens is 416 g/mol. The standard InChI is InChI=1S/C19H23ClN4O6/c1-30-10-13(25)9-23-16(26)8-22-24(18(23)28)12-3-4-15(20)14(7-12)17(27)21-11-19(29)5-2-6-19/h3-4,7-8,13,25,29H,2,5-6,9-11H2,1H3,(H,21,27). The maximum atomic E-state index is 12.7. The van der Waals surface area contributed by atoms with E-state index in [1.165, 1.54) is 25.3 Å². The topological polar surface area (TPSA) is 136 Å². The van der Waals surface area contributed by atoms with Crippen LogP contribution in [-0.2, 0) is 11.3 Å². The summed E-state index contributed by atoms with van der Waals surface area (Å²) >= 11 is 6.14. The predicted octanol–water partition coefficient (Wildman–Crippen LogP) is -0.300. The van der Waals surface area contributed by atoms with Crippen molar-refractivity contribution in [1.82, 2.24) is 19.7 Å². The minimum Gasteiger partial charge on any atom is -0.389 e. The average molecular weight is 439 g/mol. The Morgan fingerprint density at radius 1 is 1.40 bits per heavy atom. The number of ether oxygens (including phenoxy) is 1. The number of methoxy groups -OCH3 is 1. The van der Waals surface area contributed by atoms with E-state index in [2.05, 4.69) is 10.4 Å². The summed E-state index contributed by atoms with van der Waals surface area (Å²) in [6.07, 6.45) is 2.04. The normalized spacial score (nSPS) is 16.0. The Morgan fingerprint density at radius 3 is 2.77 bits per heavy atom. The molecule has 1 heterocycles. The first-order valence-corrected chi connectivity index (χ1v) is 9.78. The number of nitrogens with zero attached hydrogens (tertiary/aromatic N) is 3. The molecule has 1 fully saturated rings. The van der Waals surface area contributed by atoms with Gasteiger partial charge in [-0.15, -0.1) is 0 Å². The van der Waals surface area contributed by atoms with Crippen molar-refractivity contribution in [2.75, 3.05) is 20.3 Å². The van der Waals surface area contributed by atoms with Crippen LogP contribution in [0.2, 0.25) is 5.02 Å². The third-order valence-corrected chi connectivity index (χ3v) is 5.35. The minimum absolute atomic E-state index is 0.0498. The molecule has 2 aromatic rings. The maximum absolute atomic E-state index is 12.7. The quantitative estimate of drug-likeness (QED) is 0.514. The molecule has 1 aromatic carbocycles. The Morgan fingerprint density at radius 2 is 2.13 bits per heavy atom. The second-order valence-electron chi connectivity index (χ2n) is 7.32. The van der Waals surface area contributed by atoms with Crippen molar-refractivity contribution in [2.45, 2.75) is 37.5 Å². The van der Waals surface area contributed by atoms with E-state index in [4.69, 9.17) is 16.3 Å². The second kappa shape index (κ2) is 9.09. The molecular formula is C19H23ClN4O6. The molecule has 3 N–H and O–H groups in total. The highest BCUT2D eigenvalue weighted by atomic mass is 35.5. The summed E-state index contributed by atoms with van der Waals surface area (Å²) in [5.74, 6) is -0.501. The fraction of sp³-hybridized carbons (Fsp3) is 0.474. The summed E-state index contributed by atoms with van der Waals surface area (Å²) in [6, 6.07) is 4.29. The molecule has 30 heavy (non-hydrogen) atoms. The molecule has 3 rings (SSSR count). The molecule has 10 nitrogen and oxygen atoms in total. The van der Waals surface area contributed by atoms with Crippen molar-refractivity contribution >= 4 is 17.5 Å². The lowest BCUT2D eigenvalue weighted by Gasteiger charge is -2.36. The van der Waals surface area contributed by atoms with Gasteiger partial charge in [-0.2, -0.15) is 9.78 Å². The molecule has 11 heteroatoms. The van der Waals surface area contributed by atoms with Gasteiger partial charge in [-0.25, -0.2) is 4.79 Å². The van der Waals surface area contributed by atoms with E-state index in [-0.39, 0.29) is 36.0 Å². The number of hydrogen-bond donors (Lipinski definition) is 3. The molecule has 0 saturated heterocycles. The Balaban J connectivity index is 1.89. The van der Waals surface area contributed by atoms with Crippen molar-refractivity contribution in [2.24, 2.45) is 0 Å². The van der Waals surface area contributed by atoms with Gasteiger partial charge in [-0.1, -0.05) is 11.6 Å². The first kappa shape index (κ1) is 22.2. The van der Waals surface area contributed by atoms with E-state index in [1.54, 1.807) is 0 Å². The van der Waals surface area contributed by atoms with Gasteiger partial charge in [0.05, 0.1) is 41.1 Å². The molecule has 1 unspecified atom stereocenters. The van der Waals surface area contributed by atoms with Gasteiger partial charge in [0, 0.05) is 13.7 Å². The van der Waals surface area contributed by atoms with Crippen LogP contribution >= 0.6 is 11.6 Å². The van der Waals surface area contributed by atoms with Crippen molar-refractivity contribution in [3.63, 3.8) is 0 Å². The number of aliphatic hydroxyl groups excluding tert-OH is 1. The van der Waals surface area contributed by atoms with Crippen LogP contribution in [0.25, 0.3) is 5.69 Å². The van der Waals surface area contributed by atoms with Crippen LogP contribution in [0, 0.1) is 0 Å². The van der Waals surface area contributed by atoms with Gasteiger partial charge in [-0.3, -0.25) is 14.2 Å². The average Bonchev–Trinajstić information content (AvgIpc) is 2.69. The zero-order chi connectivity index (χ0) is 21.9. The smallest absolute Gasteiger partial charge is 0.352 e. The molecule has 1 atom stereocenters. The summed E-state index contributed by atoms with van der Waals surface area (Å²) in [4.78, 5) is 37.3. The van der Waals surface area contributed by atoms with Crippen molar-refractivity contribution in [1.29, 1.82) is 0 Å². The molecule has 1 aliphatic rings. The van der Waals surface area contributed by atoms with Crippen LogP contribution in [0.1, 0.15) is 29.6 Å². The number of halogens is 1. The number of carbonyl (C=O) groups is 1. The summed E-state index contributed by atoms with van der Waals surface area (Å²) in [5.41, 5.74) is -2.03. The van der Waals surface area contributed by atoms with Crippen LogP contribution < -0.4 is 16.6 Å². The zero-order valence-corrected chi connectivity index (χ0v) is 17.1. The SMILES string of the molecule is COCC(O)Cn1c(=O)cnn(-c2ccc(Cl)c(C(=O)NCC3(O)CCC3)c2)c1=O. The summed E-state index contributed by atoms with van der Waals surface area (Å²) < 4.78 is 6.59. The van der Waals surface area contributed by atoms with E-state index in [9.17, 15) is 24.6 Å². The van der Waals surface area contributed by atoms with Crippen LogP contribution in [0.15, 0.2) is 34.0 Å². The number of nitrogens with one attached hydrogen (secondary N) is 1. The number of carbonyl (C=O) groups excluding carboxylic acids is 1. The molecule has 0 radical (unpaired) electrons. The second-order valence-corrected chi connectivity index (χ2v) is 7.73. The Hall–Kier alpha value is -2.53. The van der Waals surface area contributed by atoms with Gasteiger partial charge in [0.2, 0.25) is 0 Å². The Kier molecular flexibility index (Phi) is 6.71. The highest BCUT2D eigenvalue weighted by molar-refractivity contribution is 6.33. The summed E-state index contributed by atoms with van der Waals surface area (Å²) in [6.45, 7) is -0.216.